The van der Waals surface area contributed by atoms with Gasteiger partial charge in [-0.15, -0.1) is 12.4 Å². The Labute approximate surface area is 105 Å². The molecular weight excluding hydrogens is 243 g/mol. The average Bonchev–Trinajstić information content (AvgIpc) is 2.86. The zero-order chi connectivity index (χ0) is 11.1. The maximum atomic E-state index is 13.5. The highest BCUT2D eigenvalue weighted by Gasteiger charge is 2.35. The third-order valence-electron chi connectivity index (χ3n) is 3.39. The number of benzene rings is 1. The Morgan fingerprint density at radius 2 is 2.24 bits per heavy atom. The van der Waals surface area contributed by atoms with Crippen molar-refractivity contribution in [1.29, 1.82) is 0 Å². The van der Waals surface area contributed by atoms with Gasteiger partial charge in [0, 0.05) is 19.1 Å². The maximum Gasteiger partial charge on any atom is 0.257 e. The number of hydrogen-bond donors (Lipinski definition) is 1. The average molecular weight is 257 g/mol. The van der Waals surface area contributed by atoms with Gasteiger partial charge in [0.2, 0.25) is 0 Å². The van der Waals surface area contributed by atoms with E-state index in [9.17, 15) is 9.18 Å². The van der Waals surface area contributed by atoms with Crippen LogP contribution in [0.25, 0.3) is 0 Å². The van der Waals surface area contributed by atoms with Crippen LogP contribution >= 0.6 is 12.4 Å². The molecule has 1 amide bonds. The summed E-state index contributed by atoms with van der Waals surface area (Å²) in [5.74, 6) is -0.544. The van der Waals surface area contributed by atoms with E-state index in [0.717, 1.165) is 25.1 Å². The van der Waals surface area contributed by atoms with Crippen molar-refractivity contribution in [1.82, 2.24) is 10.2 Å². The van der Waals surface area contributed by atoms with Crippen molar-refractivity contribution in [2.45, 2.75) is 19.0 Å². The van der Waals surface area contributed by atoms with Gasteiger partial charge >= 0.3 is 0 Å². The van der Waals surface area contributed by atoms with Crippen LogP contribution in [0.5, 0.6) is 0 Å². The van der Waals surface area contributed by atoms with Gasteiger partial charge in [-0.1, -0.05) is 12.1 Å². The van der Waals surface area contributed by atoms with Crippen molar-refractivity contribution >= 4 is 18.3 Å². The second-order valence-corrected chi connectivity index (χ2v) is 4.35. The Hall–Kier alpha value is -1.13. The molecule has 0 bridgehead atoms. The SMILES string of the molecule is Cl.O=C1c2c(F)cccc2CN1[C@@H]1CCNC1. The Balaban J connectivity index is 0.00000108. The van der Waals surface area contributed by atoms with E-state index in [2.05, 4.69) is 5.32 Å². The molecule has 0 unspecified atom stereocenters. The predicted octanol–water partition coefficient (Wildman–Crippen LogP) is 1.57. The first kappa shape index (κ1) is 12.3. The van der Waals surface area contributed by atoms with Gasteiger partial charge in [-0.3, -0.25) is 4.79 Å². The number of carbonyl (C=O) groups excluding carboxylic acids is 1. The Morgan fingerprint density at radius 3 is 2.88 bits per heavy atom. The van der Waals surface area contributed by atoms with Crippen LogP contribution in [0.4, 0.5) is 4.39 Å². The minimum absolute atomic E-state index is 0. The molecule has 5 heteroatoms. The van der Waals surface area contributed by atoms with Crippen LogP contribution < -0.4 is 5.32 Å². The summed E-state index contributed by atoms with van der Waals surface area (Å²) in [6.07, 6.45) is 0.960. The molecule has 1 N–H and O–H groups in total. The van der Waals surface area contributed by atoms with Gasteiger partial charge in [0.25, 0.3) is 5.91 Å². The van der Waals surface area contributed by atoms with E-state index in [-0.39, 0.29) is 29.9 Å². The van der Waals surface area contributed by atoms with E-state index in [0.29, 0.717) is 6.54 Å². The first-order valence-corrected chi connectivity index (χ1v) is 5.56. The van der Waals surface area contributed by atoms with Crippen LogP contribution in [0.15, 0.2) is 18.2 Å². The summed E-state index contributed by atoms with van der Waals surface area (Å²) in [4.78, 5) is 13.8. The zero-order valence-corrected chi connectivity index (χ0v) is 10.1. The van der Waals surface area contributed by atoms with Crippen LogP contribution in [-0.4, -0.2) is 29.9 Å². The lowest BCUT2D eigenvalue weighted by atomic mass is 10.1. The van der Waals surface area contributed by atoms with Gasteiger partial charge in [0.05, 0.1) is 5.56 Å². The van der Waals surface area contributed by atoms with Crippen LogP contribution in [0.1, 0.15) is 22.3 Å². The van der Waals surface area contributed by atoms with E-state index in [1.807, 2.05) is 6.07 Å². The second kappa shape index (κ2) is 4.63. The molecule has 17 heavy (non-hydrogen) atoms. The fourth-order valence-electron chi connectivity index (χ4n) is 2.54. The number of rotatable bonds is 1. The molecule has 1 aromatic rings. The van der Waals surface area contributed by atoms with Crippen molar-refractivity contribution in [2.75, 3.05) is 13.1 Å². The normalized spacial score (nSPS) is 22.5. The minimum Gasteiger partial charge on any atom is -0.330 e. The fourth-order valence-corrected chi connectivity index (χ4v) is 2.54. The molecule has 2 aliphatic heterocycles. The molecule has 1 aromatic carbocycles. The van der Waals surface area contributed by atoms with Gasteiger partial charge in [-0.25, -0.2) is 4.39 Å². The monoisotopic (exact) mass is 256 g/mol. The zero-order valence-electron chi connectivity index (χ0n) is 9.28. The number of amides is 1. The van der Waals surface area contributed by atoms with Crippen molar-refractivity contribution in [3.63, 3.8) is 0 Å². The Kier molecular flexibility index (Phi) is 3.35. The topological polar surface area (TPSA) is 32.3 Å². The van der Waals surface area contributed by atoms with Crippen molar-refractivity contribution in [3.8, 4) is 0 Å². The lowest BCUT2D eigenvalue weighted by Crippen LogP contribution is -2.37. The van der Waals surface area contributed by atoms with E-state index in [1.54, 1.807) is 11.0 Å². The highest BCUT2D eigenvalue weighted by atomic mass is 35.5. The van der Waals surface area contributed by atoms with E-state index >= 15 is 0 Å². The van der Waals surface area contributed by atoms with Gasteiger partial charge in [-0.05, 0) is 24.6 Å². The van der Waals surface area contributed by atoms with Crippen LogP contribution in [0.3, 0.4) is 0 Å². The van der Waals surface area contributed by atoms with Crippen molar-refractivity contribution in [2.24, 2.45) is 0 Å². The Morgan fingerprint density at radius 1 is 1.41 bits per heavy atom. The molecule has 3 nitrogen and oxygen atoms in total. The highest BCUT2D eigenvalue weighted by Crippen LogP contribution is 2.28. The number of nitrogens with zero attached hydrogens (tertiary/aromatic N) is 1. The first-order chi connectivity index (χ1) is 7.77. The molecule has 0 aromatic heterocycles. The fraction of sp³-hybridized carbons (Fsp3) is 0.417. The second-order valence-electron chi connectivity index (χ2n) is 4.35. The molecule has 1 atom stereocenters. The number of nitrogens with one attached hydrogen (secondary N) is 1. The molecule has 92 valence electrons. The van der Waals surface area contributed by atoms with E-state index in [4.69, 9.17) is 0 Å². The number of fused-ring (bicyclic) bond motifs is 1. The van der Waals surface area contributed by atoms with Crippen LogP contribution in [0, 0.1) is 5.82 Å². The summed E-state index contributed by atoms with van der Waals surface area (Å²) in [5.41, 5.74) is 1.09. The maximum absolute atomic E-state index is 13.5. The number of hydrogen-bond acceptors (Lipinski definition) is 2. The van der Waals surface area contributed by atoms with Crippen molar-refractivity contribution < 1.29 is 9.18 Å². The van der Waals surface area contributed by atoms with Gasteiger partial charge in [0.15, 0.2) is 0 Å². The molecule has 2 aliphatic rings. The summed E-state index contributed by atoms with van der Waals surface area (Å²) in [7, 11) is 0. The molecule has 2 heterocycles. The summed E-state index contributed by atoms with van der Waals surface area (Å²) < 4.78 is 13.5. The molecule has 0 saturated carbocycles. The molecule has 0 aliphatic carbocycles. The van der Waals surface area contributed by atoms with Gasteiger partial charge < -0.3 is 10.2 Å². The third kappa shape index (κ3) is 1.91. The lowest BCUT2D eigenvalue weighted by molar-refractivity contribution is 0.0714. The molecule has 0 radical (unpaired) electrons. The smallest absolute Gasteiger partial charge is 0.257 e. The summed E-state index contributed by atoms with van der Waals surface area (Å²) in [6.45, 7) is 2.31. The van der Waals surface area contributed by atoms with E-state index in [1.165, 1.54) is 6.07 Å². The molecule has 3 rings (SSSR count). The molecular formula is C12H14ClFN2O. The van der Waals surface area contributed by atoms with Gasteiger partial charge in [0.1, 0.15) is 5.82 Å². The van der Waals surface area contributed by atoms with Crippen LogP contribution in [0.2, 0.25) is 0 Å². The highest BCUT2D eigenvalue weighted by molar-refractivity contribution is 5.98. The van der Waals surface area contributed by atoms with Crippen molar-refractivity contribution in [3.05, 3.63) is 35.1 Å². The molecule has 1 saturated heterocycles. The largest absolute Gasteiger partial charge is 0.330 e. The Bertz CT molecular complexity index is 446. The molecule has 0 spiro atoms. The minimum atomic E-state index is -0.393. The first-order valence-electron chi connectivity index (χ1n) is 5.56. The summed E-state index contributed by atoms with van der Waals surface area (Å²) >= 11 is 0. The van der Waals surface area contributed by atoms with Crippen LogP contribution in [-0.2, 0) is 6.54 Å². The van der Waals surface area contributed by atoms with Gasteiger partial charge in [-0.2, -0.15) is 0 Å². The quantitative estimate of drug-likeness (QED) is 0.827. The van der Waals surface area contributed by atoms with E-state index < -0.39 is 5.82 Å². The molecule has 1 fully saturated rings. The number of carbonyl (C=O) groups is 1. The lowest BCUT2D eigenvalue weighted by Gasteiger charge is -2.22. The summed E-state index contributed by atoms with van der Waals surface area (Å²) in [5, 5.41) is 3.22. The standard InChI is InChI=1S/C12H13FN2O.ClH/c13-10-3-1-2-8-7-15(12(16)11(8)10)9-4-5-14-6-9;/h1-3,9,14H,4-7H2;1H/t9-;/m1./s1. The predicted molar refractivity (Wildman–Crippen MR) is 64.8 cm³/mol. The number of halogens is 2. The summed E-state index contributed by atoms with van der Waals surface area (Å²) in [6, 6.07) is 5.07. The third-order valence-corrected chi connectivity index (χ3v) is 3.39.